The summed E-state index contributed by atoms with van der Waals surface area (Å²) in [6.45, 7) is 9.37. The Balaban J connectivity index is 0.00000342. The molecule has 1 saturated heterocycles. The van der Waals surface area contributed by atoms with Gasteiger partial charge in [0.05, 0.1) is 36.6 Å². The molecule has 190 valence electrons. The van der Waals surface area contributed by atoms with E-state index in [4.69, 9.17) is 14.2 Å². The number of carbonyl (C=O) groups is 1. The van der Waals surface area contributed by atoms with Crippen LogP contribution in [0.25, 0.3) is 10.2 Å². The van der Waals surface area contributed by atoms with Gasteiger partial charge in [0, 0.05) is 31.7 Å². The summed E-state index contributed by atoms with van der Waals surface area (Å²) in [5.74, 6) is 0.649. The van der Waals surface area contributed by atoms with Gasteiger partial charge in [0.1, 0.15) is 5.82 Å². The van der Waals surface area contributed by atoms with E-state index < -0.39 is 0 Å². The van der Waals surface area contributed by atoms with E-state index in [1.54, 1.807) is 29.2 Å². The first-order valence-corrected chi connectivity index (χ1v) is 12.5. The standard InChI is InChI=1S/C25H30FN3O4S.ClH/c1-3-32-21-9-6-18(16-22(21)33-4-2)24(30)29(11-5-10-28-12-14-31-15-13-28)25-27-20-8-7-19(26)17-23(20)34-25;/h6-9,16-17H,3-5,10-15H2,1-2H3;1H. The van der Waals surface area contributed by atoms with Crippen molar-refractivity contribution in [2.45, 2.75) is 20.3 Å². The second-order valence-corrected chi connectivity index (χ2v) is 8.91. The zero-order chi connectivity index (χ0) is 23.9. The number of nitrogens with zero attached hydrogens (tertiary/aromatic N) is 3. The van der Waals surface area contributed by atoms with E-state index in [0.29, 0.717) is 52.2 Å². The van der Waals surface area contributed by atoms with Gasteiger partial charge in [0.2, 0.25) is 0 Å². The lowest BCUT2D eigenvalue weighted by Crippen LogP contribution is -2.39. The smallest absolute Gasteiger partial charge is 0.260 e. The third-order valence-electron chi connectivity index (χ3n) is 5.57. The molecule has 0 bridgehead atoms. The third-order valence-corrected chi connectivity index (χ3v) is 6.61. The fourth-order valence-electron chi connectivity index (χ4n) is 3.90. The molecule has 35 heavy (non-hydrogen) atoms. The number of thiazole rings is 1. The van der Waals surface area contributed by atoms with E-state index in [1.165, 1.54) is 23.5 Å². The number of fused-ring (bicyclic) bond motifs is 1. The number of anilines is 1. The molecule has 0 saturated carbocycles. The van der Waals surface area contributed by atoms with Gasteiger partial charge >= 0.3 is 0 Å². The second kappa shape index (κ2) is 13.0. The SMILES string of the molecule is CCOc1ccc(C(=O)N(CCCN2CCOCC2)c2nc3ccc(F)cc3s2)cc1OCC.Cl. The van der Waals surface area contributed by atoms with Crippen molar-refractivity contribution < 1.29 is 23.4 Å². The predicted octanol–water partition coefficient (Wildman–Crippen LogP) is 5.02. The molecule has 0 unspecified atom stereocenters. The maximum absolute atomic E-state index is 13.8. The van der Waals surface area contributed by atoms with E-state index >= 15 is 0 Å². The van der Waals surface area contributed by atoms with E-state index in [-0.39, 0.29) is 24.1 Å². The van der Waals surface area contributed by atoms with E-state index in [0.717, 1.165) is 39.3 Å². The maximum atomic E-state index is 13.8. The molecule has 1 fully saturated rings. The largest absolute Gasteiger partial charge is 0.490 e. The number of aromatic nitrogens is 1. The maximum Gasteiger partial charge on any atom is 0.260 e. The molecule has 3 aromatic rings. The summed E-state index contributed by atoms with van der Waals surface area (Å²) < 4.78 is 31.3. The summed E-state index contributed by atoms with van der Waals surface area (Å²) in [5, 5.41) is 0.555. The molecule has 10 heteroatoms. The monoisotopic (exact) mass is 523 g/mol. The quantitative estimate of drug-likeness (QED) is 0.371. The first-order chi connectivity index (χ1) is 16.6. The van der Waals surface area contributed by atoms with Gasteiger partial charge in [-0.25, -0.2) is 9.37 Å². The number of carbonyl (C=O) groups excluding carboxylic acids is 1. The highest BCUT2D eigenvalue weighted by molar-refractivity contribution is 7.22. The van der Waals surface area contributed by atoms with E-state index in [1.807, 2.05) is 13.8 Å². The minimum Gasteiger partial charge on any atom is -0.490 e. The van der Waals surface area contributed by atoms with Crippen molar-refractivity contribution in [1.82, 2.24) is 9.88 Å². The zero-order valence-corrected chi connectivity index (χ0v) is 21.6. The number of hydrogen-bond donors (Lipinski definition) is 0. The second-order valence-electron chi connectivity index (χ2n) is 7.90. The molecule has 0 N–H and O–H groups in total. The lowest BCUT2D eigenvalue weighted by molar-refractivity contribution is 0.0376. The van der Waals surface area contributed by atoms with Gasteiger partial charge in [-0.2, -0.15) is 0 Å². The zero-order valence-electron chi connectivity index (χ0n) is 20.0. The van der Waals surface area contributed by atoms with Crippen molar-refractivity contribution in [2.75, 3.05) is 57.5 Å². The highest BCUT2D eigenvalue weighted by Gasteiger charge is 2.23. The van der Waals surface area contributed by atoms with Crippen LogP contribution in [0.15, 0.2) is 36.4 Å². The molecule has 0 radical (unpaired) electrons. The van der Waals surface area contributed by atoms with Crippen LogP contribution in [0.3, 0.4) is 0 Å². The molecule has 7 nitrogen and oxygen atoms in total. The van der Waals surface area contributed by atoms with Crippen molar-refractivity contribution >= 4 is 45.0 Å². The lowest BCUT2D eigenvalue weighted by Gasteiger charge is -2.27. The van der Waals surface area contributed by atoms with Crippen molar-refractivity contribution in [2.24, 2.45) is 0 Å². The number of halogens is 2. The van der Waals surface area contributed by atoms with Gasteiger partial charge in [-0.3, -0.25) is 14.6 Å². The molecule has 1 amide bonds. The Kier molecular flexibility index (Phi) is 10.1. The summed E-state index contributed by atoms with van der Waals surface area (Å²) in [4.78, 5) is 22.4. The number of morpholine rings is 1. The fourth-order valence-corrected chi connectivity index (χ4v) is 4.92. The van der Waals surface area contributed by atoms with Crippen LogP contribution in [0.2, 0.25) is 0 Å². The average Bonchev–Trinajstić information content (AvgIpc) is 3.26. The van der Waals surface area contributed by atoms with Crippen LogP contribution < -0.4 is 14.4 Å². The average molecular weight is 524 g/mol. The van der Waals surface area contributed by atoms with Crippen LogP contribution in [-0.2, 0) is 4.74 Å². The normalized spacial score (nSPS) is 13.9. The van der Waals surface area contributed by atoms with Crippen LogP contribution >= 0.6 is 23.7 Å². The van der Waals surface area contributed by atoms with Crippen LogP contribution in [-0.4, -0.2) is 68.4 Å². The van der Waals surface area contributed by atoms with Crippen molar-refractivity contribution in [3.8, 4) is 11.5 Å². The highest BCUT2D eigenvalue weighted by Crippen LogP contribution is 2.33. The number of benzene rings is 2. The van der Waals surface area contributed by atoms with Gasteiger partial charge in [-0.1, -0.05) is 11.3 Å². The molecule has 2 heterocycles. The Morgan fingerprint density at radius 3 is 2.60 bits per heavy atom. The van der Waals surface area contributed by atoms with E-state index in [2.05, 4.69) is 9.88 Å². The molecule has 0 spiro atoms. The van der Waals surface area contributed by atoms with Gasteiger partial charge in [-0.05, 0) is 56.7 Å². The topological polar surface area (TPSA) is 64.1 Å². The van der Waals surface area contributed by atoms with Gasteiger partial charge in [0.15, 0.2) is 16.6 Å². The number of hydrogen-bond acceptors (Lipinski definition) is 7. The highest BCUT2D eigenvalue weighted by atomic mass is 35.5. The molecule has 0 aliphatic carbocycles. The van der Waals surface area contributed by atoms with Crippen LogP contribution in [0.1, 0.15) is 30.6 Å². The first kappa shape index (κ1) is 27.1. The molecular weight excluding hydrogens is 493 g/mol. The predicted molar refractivity (Wildman–Crippen MR) is 139 cm³/mol. The molecule has 1 aromatic heterocycles. The molecule has 2 aromatic carbocycles. The fraction of sp³-hybridized carbons (Fsp3) is 0.440. The van der Waals surface area contributed by atoms with Crippen LogP contribution in [0.5, 0.6) is 11.5 Å². The van der Waals surface area contributed by atoms with Crippen LogP contribution in [0.4, 0.5) is 9.52 Å². The van der Waals surface area contributed by atoms with Crippen molar-refractivity contribution in [1.29, 1.82) is 0 Å². The Morgan fingerprint density at radius 1 is 1.11 bits per heavy atom. The van der Waals surface area contributed by atoms with Gasteiger partial charge < -0.3 is 14.2 Å². The third kappa shape index (κ3) is 6.82. The van der Waals surface area contributed by atoms with Crippen molar-refractivity contribution in [3.63, 3.8) is 0 Å². The summed E-state index contributed by atoms with van der Waals surface area (Å²) in [5.41, 5.74) is 1.16. The summed E-state index contributed by atoms with van der Waals surface area (Å²) in [7, 11) is 0. The lowest BCUT2D eigenvalue weighted by atomic mass is 10.1. The molecule has 0 atom stereocenters. The first-order valence-electron chi connectivity index (χ1n) is 11.7. The minimum absolute atomic E-state index is 0. The Bertz CT molecular complexity index is 1120. The van der Waals surface area contributed by atoms with Gasteiger partial charge in [0.25, 0.3) is 5.91 Å². The molecular formula is C25H31ClFN3O4S. The molecule has 4 rings (SSSR count). The summed E-state index contributed by atoms with van der Waals surface area (Å²) in [6.07, 6.45) is 0.783. The number of amides is 1. The Morgan fingerprint density at radius 2 is 1.86 bits per heavy atom. The van der Waals surface area contributed by atoms with Crippen molar-refractivity contribution in [3.05, 3.63) is 47.8 Å². The number of ether oxygens (including phenoxy) is 3. The van der Waals surface area contributed by atoms with Crippen LogP contribution in [0, 0.1) is 5.82 Å². The molecule has 1 aliphatic heterocycles. The number of rotatable bonds is 10. The minimum atomic E-state index is -0.319. The molecule has 1 aliphatic rings. The van der Waals surface area contributed by atoms with Gasteiger partial charge in [-0.15, -0.1) is 12.4 Å². The summed E-state index contributed by atoms with van der Waals surface area (Å²) >= 11 is 1.32. The van der Waals surface area contributed by atoms with E-state index in [9.17, 15) is 9.18 Å². The Labute approximate surface area is 215 Å². The summed E-state index contributed by atoms with van der Waals surface area (Å²) in [6, 6.07) is 9.72. The Hall–Kier alpha value is -2.46.